The predicted octanol–water partition coefficient (Wildman–Crippen LogP) is 4.87. The SMILES string of the molecule is CC(C)CCC[C@H](C)N=C(N)SCc1nc2sc3c(c2c(=O)[nH]1)CC[C@@H](C)C3. The van der Waals surface area contributed by atoms with Crippen LogP contribution in [0.25, 0.3) is 10.2 Å². The van der Waals surface area contributed by atoms with Gasteiger partial charge < -0.3 is 10.7 Å². The minimum atomic E-state index is -0.00906. The highest BCUT2D eigenvalue weighted by atomic mass is 32.2. The molecule has 2 heterocycles. The van der Waals surface area contributed by atoms with Crippen molar-refractivity contribution in [2.24, 2.45) is 22.6 Å². The van der Waals surface area contributed by atoms with Crippen molar-refractivity contribution >= 4 is 38.5 Å². The zero-order valence-corrected chi connectivity index (χ0v) is 19.0. The first-order chi connectivity index (χ1) is 13.3. The molecule has 0 aromatic carbocycles. The fourth-order valence-electron chi connectivity index (χ4n) is 3.74. The lowest BCUT2D eigenvalue weighted by Crippen LogP contribution is -2.16. The average Bonchev–Trinajstić information content (AvgIpc) is 2.97. The molecule has 28 heavy (non-hydrogen) atoms. The molecule has 3 N–H and O–H groups in total. The number of aryl methyl sites for hydroxylation is 1. The predicted molar refractivity (Wildman–Crippen MR) is 122 cm³/mol. The minimum absolute atomic E-state index is 0.00906. The molecule has 0 saturated carbocycles. The number of fused-ring (bicyclic) bond motifs is 3. The molecule has 1 aliphatic carbocycles. The Hall–Kier alpha value is -1.34. The first-order valence-electron chi connectivity index (χ1n) is 10.3. The van der Waals surface area contributed by atoms with Crippen molar-refractivity contribution in [3.05, 3.63) is 26.6 Å². The summed E-state index contributed by atoms with van der Waals surface area (Å²) in [7, 11) is 0. The maximum Gasteiger partial charge on any atom is 0.259 e. The molecule has 5 nitrogen and oxygen atoms in total. The summed E-state index contributed by atoms with van der Waals surface area (Å²) in [5.74, 6) is 2.64. The molecule has 0 radical (unpaired) electrons. The standard InChI is InChI=1S/C21H32N4OS2/c1-12(2)6-5-7-14(4)23-21(22)27-11-17-24-19(26)18-15-9-8-13(3)10-16(15)28-20(18)25-17/h12-14H,5-11H2,1-4H3,(H2,22,23)(H,24,25,26)/t13-,14+/m1/s1. The van der Waals surface area contributed by atoms with Crippen LogP contribution in [0.3, 0.4) is 0 Å². The normalized spacial score (nSPS) is 18.6. The first kappa shape index (κ1) is 21.4. The van der Waals surface area contributed by atoms with E-state index < -0.39 is 0 Å². The number of thiophene rings is 1. The van der Waals surface area contributed by atoms with Gasteiger partial charge in [0.25, 0.3) is 5.56 Å². The molecule has 0 unspecified atom stereocenters. The van der Waals surface area contributed by atoms with E-state index in [0.717, 1.165) is 41.8 Å². The second kappa shape index (κ2) is 9.44. The quantitative estimate of drug-likeness (QED) is 0.494. The van der Waals surface area contributed by atoms with Gasteiger partial charge in [-0.05, 0) is 50.0 Å². The Morgan fingerprint density at radius 2 is 2.18 bits per heavy atom. The lowest BCUT2D eigenvalue weighted by Gasteiger charge is -2.17. The number of rotatable bonds is 7. The van der Waals surface area contributed by atoms with Gasteiger partial charge in [0.15, 0.2) is 5.17 Å². The van der Waals surface area contributed by atoms with Crippen molar-refractivity contribution in [2.45, 2.75) is 78.0 Å². The van der Waals surface area contributed by atoms with E-state index in [0.29, 0.717) is 22.7 Å². The van der Waals surface area contributed by atoms with E-state index in [9.17, 15) is 4.79 Å². The highest BCUT2D eigenvalue weighted by Crippen LogP contribution is 2.35. The van der Waals surface area contributed by atoms with Gasteiger partial charge in [-0.3, -0.25) is 9.79 Å². The van der Waals surface area contributed by atoms with Gasteiger partial charge in [-0.15, -0.1) is 11.3 Å². The number of hydrogen-bond acceptors (Lipinski definition) is 5. The van der Waals surface area contributed by atoms with E-state index in [4.69, 9.17) is 10.7 Å². The van der Waals surface area contributed by atoms with Crippen LogP contribution in [-0.4, -0.2) is 21.2 Å². The molecule has 0 aliphatic heterocycles. The van der Waals surface area contributed by atoms with Crippen LogP contribution in [0.1, 0.15) is 69.6 Å². The molecule has 1 aliphatic rings. The van der Waals surface area contributed by atoms with Crippen LogP contribution in [0, 0.1) is 11.8 Å². The highest BCUT2D eigenvalue weighted by Gasteiger charge is 2.23. The lowest BCUT2D eigenvalue weighted by molar-refractivity contribution is 0.509. The fraction of sp³-hybridized carbons (Fsp3) is 0.667. The Balaban J connectivity index is 1.64. The van der Waals surface area contributed by atoms with Gasteiger partial charge in [-0.25, -0.2) is 4.98 Å². The van der Waals surface area contributed by atoms with Crippen LogP contribution in [0.5, 0.6) is 0 Å². The third-order valence-electron chi connectivity index (χ3n) is 5.32. The zero-order valence-electron chi connectivity index (χ0n) is 17.4. The summed E-state index contributed by atoms with van der Waals surface area (Å²) in [4.78, 5) is 27.1. The van der Waals surface area contributed by atoms with E-state index in [1.165, 1.54) is 35.0 Å². The summed E-state index contributed by atoms with van der Waals surface area (Å²) < 4.78 is 0. The van der Waals surface area contributed by atoms with Crippen LogP contribution in [0.15, 0.2) is 9.79 Å². The van der Waals surface area contributed by atoms with Crippen LogP contribution in [0.2, 0.25) is 0 Å². The van der Waals surface area contributed by atoms with Crippen LogP contribution in [-0.2, 0) is 18.6 Å². The van der Waals surface area contributed by atoms with Gasteiger partial charge in [0.2, 0.25) is 0 Å². The minimum Gasteiger partial charge on any atom is -0.379 e. The van der Waals surface area contributed by atoms with Crippen molar-refractivity contribution in [2.75, 3.05) is 0 Å². The number of nitrogens with two attached hydrogens (primary N) is 1. The van der Waals surface area contributed by atoms with Crippen LogP contribution >= 0.6 is 23.1 Å². The Kier molecular flexibility index (Phi) is 7.20. The molecule has 0 bridgehead atoms. The number of aliphatic imine (C=N–C) groups is 1. The number of aromatic amines is 1. The topological polar surface area (TPSA) is 84.1 Å². The monoisotopic (exact) mass is 420 g/mol. The molecule has 3 rings (SSSR count). The zero-order chi connectivity index (χ0) is 20.3. The third kappa shape index (κ3) is 5.38. The smallest absolute Gasteiger partial charge is 0.259 e. The summed E-state index contributed by atoms with van der Waals surface area (Å²) in [5, 5.41) is 1.38. The lowest BCUT2D eigenvalue weighted by atomic mass is 9.89. The molecule has 0 amide bonds. The molecule has 0 spiro atoms. The molecular formula is C21H32N4OS2. The molecule has 7 heteroatoms. The number of amidine groups is 1. The maximum absolute atomic E-state index is 12.7. The second-order valence-electron chi connectivity index (χ2n) is 8.47. The summed E-state index contributed by atoms with van der Waals surface area (Å²) in [5.41, 5.74) is 7.31. The average molecular weight is 421 g/mol. The number of aromatic nitrogens is 2. The largest absolute Gasteiger partial charge is 0.379 e. The van der Waals surface area contributed by atoms with Gasteiger partial charge >= 0.3 is 0 Å². The molecule has 0 saturated heterocycles. The third-order valence-corrected chi connectivity index (χ3v) is 7.29. The Morgan fingerprint density at radius 1 is 1.39 bits per heavy atom. The summed E-state index contributed by atoms with van der Waals surface area (Å²) in [6.45, 7) is 8.87. The van der Waals surface area contributed by atoms with E-state index in [1.807, 2.05) is 0 Å². The number of nitrogens with zero attached hydrogens (tertiary/aromatic N) is 2. The number of thioether (sulfide) groups is 1. The summed E-state index contributed by atoms with van der Waals surface area (Å²) in [6, 6.07) is 0.228. The van der Waals surface area contributed by atoms with E-state index in [1.54, 1.807) is 11.3 Å². The van der Waals surface area contributed by atoms with Gasteiger partial charge in [0, 0.05) is 10.9 Å². The number of H-pyrrole nitrogens is 1. The van der Waals surface area contributed by atoms with Crippen molar-refractivity contribution < 1.29 is 0 Å². The van der Waals surface area contributed by atoms with Crippen molar-refractivity contribution in [1.29, 1.82) is 0 Å². The first-order valence-corrected chi connectivity index (χ1v) is 12.1. The van der Waals surface area contributed by atoms with Gasteiger partial charge in [0.1, 0.15) is 10.7 Å². The molecule has 2 atom stereocenters. The Labute approximate surface area is 175 Å². The highest BCUT2D eigenvalue weighted by molar-refractivity contribution is 8.13. The summed E-state index contributed by atoms with van der Waals surface area (Å²) in [6.07, 6.45) is 6.66. The second-order valence-corrected chi connectivity index (χ2v) is 10.6. The molecule has 0 fully saturated rings. The van der Waals surface area contributed by atoms with Crippen molar-refractivity contribution in [3.63, 3.8) is 0 Å². The number of nitrogens with one attached hydrogen (secondary N) is 1. The van der Waals surface area contributed by atoms with E-state index >= 15 is 0 Å². The van der Waals surface area contributed by atoms with Gasteiger partial charge in [0.05, 0.1) is 11.1 Å². The van der Waals surface area contributed by atoms with Crippen LogP contribution in [0.4, 0.5) is 0 Å². The van der Waals surface area contributed by atoms with Gasteiger partial charge in [-0.2, -0.15) is 0 Å². The Bertz CT molecular complexity index is 900. The molecule has 154 valence electrons. The van der Waals surface area contributed by atoms with Crippen LogP contribution < -0.4 is 11.3 Å². The van der Waals surface area contributed by atoms with Gasteiger partial charge in [-0.1, -0.05) is 45.4 Å². The molecule has 2 aromatic heterocycles. The fourth-order valence-corrected chi connectivity index (χ4v) is 5.82. The Morgan fingerprint density at radius 3 is 2.93 bits per heavy atom. The van der Waals surface area contributed by atoms with E-state index in [-0.39, 0.29) is 11.6 Å². The van der Waals surface area contributed by atoms with Crippen molar-refractivity contribution in [3.8, 4) is 0 Å². The maximum atomic E-state index is 12.7. The molecule has 2 aromatic rings. The summed E-state index contributed by atoms with van der Waals surface area (Å²) >= 11 is 3.14. The van der Waals surface area contributed by atoms with E-state index in [2.05, 4.69) is 37.7 Å². The van der Waals surface area contributed by atoms with Crippen molar-refractivity contribution in [1.82, 2.24) is 9.97 Å². The number of hydrogen-bond donors (Lipinski definition) is 2. The molecular weight excluding hydrogens is 388 g/mol.